The molecule has 0 aliphatic heterocycles. The molecular formula is C21H14Cl2FN3O3S. The molecule has 1 amide bonds. The molecule has 10 heteroatoms. The first-order valence-electron chi connectivity index (χ1n) is 9.05. The molecule has 0 saturated heterocycles. The van der Waals surface area contributed by atoms with Crippen LogP contribution in [0.5, 0.6) is 0 Å². The van der Waals surface area contributed by atoms with Gasteiger partial charge in [-0.2, -0.15) is 0 Å². The zero-order valence-electron chi connectivity index (χ0n) is 15.8. The molecule has 4 aromatic rings. The van der Waals surface area contributed by atoms with Gasteiger partial charge in [-0.15, -0.1) is 11.3 Å². The van der Waals surface area contributed by atoms with Crippen LogP contribution in [0.2, 0.25) is 10.0 Å². The maximum absolute atomic E-state index is 13.2. The van der Waals surface area contributed by atoms with Crippen LogP contribution in [-0.4, -0.2) is 15.0 Å². The molecule has 158 valence electrons. The lowest BCUT2D eigenvalue weighted by atomic mass is 10.2. The topological polar surface area (TPSA) is 73.1 Å². The van der Waals surface area contributed by atoms with Crippen LogP contribution in [0.1, 0.15) is 5.56 Å². The fourth-order valence-corrected chi connectivity index (χ4v) is 4.30. The number of thiophene rings is 1. The van der Waals surface area contributed by atoms with Crippen LogP contribution in [0.4, 0.5) is 4.39 Å². The summed E-state index contributed by atoms with van der Waals surface area (Å²) < 4.78 is 15.8. The van der Waals surface area contributed by atoms with Gasteiger partial charge in [0.05, 0.1) is 11.2 Å². The molecule has 0 fully saturated rings. The van der Waals surface area contributed by atoms with Gasteiger partial charge in [0, 0.05) is 16.6 Å². The van der Waals surface area contributed by atoms with Gasteiger partial charge in [-0.25, -0.2) is 13.8 Å². The number of aromatic nitrogens is 2. The number of nitrogens with one attached hydrogen (secondary N) is 1. The largest absolute Gasteiger partial charge is 0.350 e. The molecule has 1 N–H and O–H groups in total. The molecule has 0 aliphatic carbocycles. The number of nitrogens with zero attached hydrogens (tertiary/aromatic N) is 2. The van der Waals surface area contributed by atoms with Crippen LogP contribution in [0, 0.1) is 5.82 Å². The number of carbonyl (C=O) groups excluding carboxylic acids is 1. The van der Waals surface area contributed by atoms with E-state index >= 15 is 0 Å². The average molecular weight is 478 g/mol. The highest BCUT2D eigenvalue weighted by molar-refractivity contribution is 7.17. The van der Waals surface area contributed by atoms with Gasteiger partial charge >= 0.3 is 5.69 Å². The lowest BCUT2D eigenvalue weighted by Gasteiger charge is -2.13. The molecule has 0 aliphatic rings. The van der Waals surface area contributed by atoms with Crippen molar-refractivity contribution in [2.45, 2.75) is 13.1 Å². The highest BCUT2D eigenvalue weighted by Gasteiger charge is 2.17. The monoisotopic (exact) mass is 477 g/mol. The Bertz CT molecular complexity index is 1410. The van der Waals surface area contributed by atoms with Crippen molar-refractivity contribution < 1.29 is 9.18 Å². The smallest absolute Gasteiger partial charge is 0.336 e. The Morgan fingerprint density at radius 1 is 1.06 bits per heavy atom. The lowest BCUT2D eigenvalue weighted by molar-refractivity contribution is -0.121. The van der Waals surface area contributed by atoms with E-state index in [1.54, 1.807) is 35.7 Å². The fraction of sp³-hybridized carbons (Fsp3) is 0.0952. The second-order valence-corrected chi connectivity index (χ2v) is 8.39. The van der Waals surface area contributed by atoms with Gasteiger partial charge in [0.25, 0.3) is 5.56 Å². The second-order valence-electron chi connectivity index (χ2n) is 6.63. The number of fused-ring (bicyclic) bond motifs is 1. The zero-order chi connectivity index (χ0) is 22.1. The van der Waals surface area contributed by atoms with Gasteiger partial charge in [-0.1, -0.05) is 29.3 Å². The molecule has 0 unspecified atom stereocenters. The zero-order valence-corrected chi connectivity index (χ0v) is 18.1. The number of amides is 1. The molecule has 0 atom stereocenters. The predicted octanol–water partition coefficient (Wildman–Crippen LogP) is 3.98. The molecule has 6 nitrogen and oxygen atoms in total. The summed E-state index contributed by atoms with van der Waals surface area (Å²) in [5.41, 5.74) is 0.151. The summed E-state index contributed by atoms with van der Waals surface area (Å²) in [7, 11) is 0. The van der Waals surface area contributed by atoms with E-state index in [2.05, 4.69) is 5.32 Å². The summed E-state index contributed by atoms with van der Waals surface area (Å²) in [4.78, 5) is 38.6. The normalized spacial score (nSPS) is 11.1. The molecule has 0 spiro atoms. The standard InChI is InChI=1S/C21H14Cl2FN3O3S/c22-13-2-5-15(6-3-13)27-20(29)19-17(7-8-31-19)26(21(27)30)11-18(28)25-10-12-1-4-14(24)9-16(12)23/h1-9H,10-11H2,(H,25,28). The Morgan fingerprint density at radius 3 is 2.52 bits per heavy atom. The van der Waals surface area contributed by atoms with Crippen molar-refractivity contribution in [2.24, 2.45) is 0 Å². The third kappa shape index (κ3) is 4.27. The Hall–Kier alpha value is -2.94. The van der Waals surface area contributed by atoms with E-state index in [1.165, 1.54) is 28.0 Å². The Kier molecular flexibility index (Phi) is 5.95. The van der Waals surface area contributed by atoms with Gasteiger partial charge in [0.1, 0.15) is 17.1 Å². The van der Waals surface area contributed by atoms with Gasteiger partial charge < -0.3 is 5.32 Å². The van der Waals surface area contributed by atoms with Crippen LogP contribution >= 0.6 is 34.5 Å². The average Bonchev–Trinajstić information content (AvgIpc) is 3.22. The first-order chi connectivity index (χ1) is 14.8. The number of carbonyl (C=O) groups is 1. The number of hydrogen-bond acceptors (Lipinski definition) is 4. The van der Waals surface area contributed by atoms with E-state index in [-0.39, 0.29) is 18.1 Å². The minimum absolute atomic E-state index is 0.0658. The quantitative estimate of drug-likeness (QED) is 0.472. The fourth-order valence-electron chi connectivity index (χ4n) is 3.12. The summed E-state index contributed by atoms with van der Waals surface area (Å²) in [5.74, 6) is -0.938. The molecule has 0 bridgehead atoms. The van der Waals surface area contributed by atoms with Crippen LogP contribution in [-0.2, 0) is 17.9 Å². The van der Waals surface area contributed by atoms with E-state index < -0.39 is 23.0 Å². The third-order valence-electron chi connectivity index (χ3n) is 4.63. The first kappa shape index (κ1) is 21.3. The van der Waals surface area contributed by atoms with E-state index in [0.29, 0.717) is 26.5 Å². The maximum Gasteiger partial charge on any atom is 0.336 e. The van der Waals surface area contributed by atoms with Crippen molar-refractivity contribution in [3.05, 3.63) is 96.2 Å². The number of halogens is 3. The Balaban J connectivity index is 1.68. The van der Waals surface area contributed by atoms with Crippen molar-refractivity contribution in [3.8, 4) is 5.69 Å². The van der Waals surface area contributed by atoms with Crippen molar-refractivity contribution >= 4 is 50.7 Å². The lowest BCUT2D eigenvalue weighted by Crippen LogP contribution is -2.41. The first-order valence-corrected chi connectivity index (χ1v) is 10.7. The van der Waals surface area contributed by atoms with Gasteiger partial charge in [-0.3, -0.25) is 14.2 Å². The second kappa shape index (κ2) is 8.66. The van der Waals surface area contributed by atoms with E-state index in [4.69, 9.17) is 23.2 Å². The third-order valence-corrected chi connectivity index (χ3v) is 6.13. The molecule has 2 aromatic carbocycles. The van der Waals surface area contributed by atoms with Crippen molar-refractivity contribution in [2.75, 3.05) is 0 Å². The SMILES string of the molecule is O=C(Cn1c(=O)n(-c2ccc(Cl)cc2)c(=O)c2sccc21)NCc1ccc(F)cc1Cl. The van der Waals surface area contributed by atoms with E-state index in [0.717, 1.165) is 10.6 Å². The summed E-state index contributed by atoms with van der Waals surface area (Å²) in [6, 6.07) is 11.8. The molecular weight excluding hydrogens is 464 g/mol. The predicted molar refractivity (Wildman–Crippen MR) is 120 cm³/mol. The highest BCUT2D eigenvalue weighted by atomic mass is 35.5. The van der Waals surface area contributed by atoms with Gasteiger partial charge in [-0.05, 0) is 53.4 Å². The van der Waals surface area contributed by atoms with Gasteiger partial charge in [0.2, 0.25) is 5.91 Å². The number of benzene rings is 2. The number of rotatable bonds is 5. The minimum atomic E-state index is -0.645. The number of hydrogen-bond donors (Lipinski definition) is 1. The summed E-state index contributed by atoms with van der Waals surface area (Å²) in [5, 5.41) is 5.01. The van der Waals surface area contributed by atoms with Crippen LogP contribution in [0.25, 0.3) is 15.9 Å². The minimum Gasteiger partial charge on any atom is -0.350 e. The summed E-state index contributed by atoms with van der Waals surface area (Å²) >= 11 is 13.1. The molecule has 4 rings (SSSR count). The highest BCUT2D eigenvalue weighted by Crippen LogP contribution is 2.18. The molecule has 2 aromatic heterocycles. The molecule has 31 heavy (non-hydrogen) atoms. The molecule has 2 heterocycles. The van der Waals surface area contributed by atoms with Crippen molar-refractivity contribution in [1.29, 1.82) is 0 Å². The van der Waals surface area contributed by atoms with Crippen LogP contribution in [0.15, 0.2) is 63.5 Å². The van der Waals surface area contributed by atoms with Gasteiger partial charge in [0.15, 0.2) is 0 Å². The van der Waals surface area contributed by atoms with Crippen LogP contribution < -0.4 is 16.6 Å². The Labute approximate surface area is 189 Å². The molecule has 0 saturated carbocycles. The maximum atomic E-state index is 13.2. The Morgan fingerprint density at radius 2 is 1.81 bits per heavy atom. The van der Waals surface area contributed by atoms with Crippen molar-refractivity contribution in [3.63, 3.8) is 0 Å². The van der Waals surface area contributed by atoms with Crippen molar-refractivity contribution in [1.82, 2.24) is 14.5 Å². The van der Waals surface area contributed by atoms with E-state index in [1.807, 2.05) is 0 Å². The van der Waals surface area contributed by atoms with E-state index in [9.17, 15) is 18.8 Å². The summed E-state index contributed by atoms with van der Waals surface area (Å²) in [6.07, 6.45) is 0. The van der Waals surface area contributed by atoms with Crippen LogP contribution in [0.3, 0.4) is 0 Å². The summed E-state index contributed by atoms with van der Waals surface area (Å²) in [6.45, 7) is -0.241. The molecule has 0 radical (unpaired) electrons.